The Balaban J connectivity index is 0.00000144. The summed E-state index contributed by atoms with van der Waals surface area (Å²) in [5.74, 6) is 0. The fourth-order valence-corrected chi connectivity index (χ4v) is 2.09. The van der Waals surface area contributed by atoms with E-state index in [0.29, 0.717) is 5.15 Å². The van der Waals surface area contributed by atoms with Crippen molar-refractivity contribution in [3.05, 3.63) is 29.0 Å². The van der Waals surface area contributed by atoms with Crippen molar-refractivity contribution in [1.29, 1.82) is 0 Å². The predicted molar refractivity (Wildman–Crippen MR) is 76.9 cm³/mol. The lowest BCUT2D eigenvalue weighted by Gasteiger charge is -2.33. The van der Waals surface area contributed by atoms with E-state index in [1.165, 1.54) is 0 Å². The third-order valence-corrected chi connectivity index (χ3v) is 3.10. The van der Waals surface area contributed by atoms with E-state index in [1.807, 2.05) is 6.07 Å². The second-order valence-corrected chi connectivity index (χ2v) is 4.26. The van der Waals surface area contributed by atoms with Gasteiger partial charge >= 0.3 is 0 Å². The van der Waals surface area contributed by atoms with Gasteiger partial charge in [-0.15, -0.1) is 24.8 Å². The molecule has 1 saturated heterocycles. The third-order valence-electron chi connectivity index (χ3n) is 2.87. The Morgan fingerprint density at radius 1 is 1.33 bits per heavy atom. The lowest BCUT2D eigenvalue weighted by molar-refractivity contribution is 0.147. The summed E-state index contributed by atoms with van der Waals surface area (Å²) in [6, 6.07) is 3.37. The fraction of sp³-hybridized carbons (Fsp3) is 0.545. The first-order valence-corrected chi connectivity index (χ1v) is 5.81. The summed E-state index contributed by atoms with van der Waals surface area (Å²) in [7, 11) is 0. The van der Waals surface area contributed by atoms with Gasteiger partial charge < -0.3 is 5.32 Å². The first-order chi connectivity index (χ1) is 7.81. The average Bonchev–Trinajstić information content (AvgIpc) is 2.34. The van der Waals surface area contributed by atoms with Gasteiger partial charge in [0.15, 0.2) is 0 Å². The number of nitrogens with zero attached hydrogens (tertiary/aromatic N) is 2. The summed E-state index contributed by atoms with van der Waals surface area (Å²) in [4.78, 5) is 6.14. The summed E-state index contributed by atoms with van der Waals surface area (Å²) in [5, 5.41) is 3.70. The largest absolute Gasteiger partial charge is 0.314 e. The van der Waals surface area contributed by atoms with Crippen molar-refractivity contribution in [2.45, 2.75) is 6.04 Å². The quantitative estimate of drug-likeness (QED) is 0.869. The second-order valence-electron chi connectivity index (χ2n) is 3.87. The first-order valence-electron chi connectivity index (χ1n) is 5.43. The number of aromatic nitrogens is 1. The molecule has 104 valence electrons. The Bertz CT molecular complexity index is 331. The highest BCUT2D eigenvalue weighted by Crippen LogP contribution is 2.21. The molecule has 1 aromatic heterocycles. The number of hydrogen-bond donors (Lipinski definition) is 1. The van der Waals surface area contributed by atoms with Crippen molar-refractivity contribution in [1.82, 2.24) is 15.2 Å². The Kier molecular flexibility index (Phi) is 8.82. The van der Waals surface area contributed by atoms with Crippen molar-refractivity contribution in [2.75, 3.05) is 32.9 Å². The summed E-state index contributed by atoms with van der Waals surface area (Å²) in [5.41, 5.74) is 0.897. The highest BCUT2D eigenvalue weighted by molar-refractivity contribution is 6.29. The number of halogens is 4. The van der Waals surface area contributed by atoms with Crippen LogP contribution < -0.4 is 5.32 Å². The molecule has 1 aromatic rings. The molecule has 0 aliphatic carbocycles. The predicted octanol–water partition coefficient (Wildman–Crippen LogP) is 2.49. The summed E-state index contributed by atoms with van der Waals surface area (Å²) in [6.45, 7) is 3.19. The van der Waals surface area contributed by atoms with E-state index in [9.17, 15) is 4.39 Å². The molecule has 0 unspecified atom stereocenters. The standard InChI is InChI=1S/C11H15ClFN3.2ClH/c12-11-2-1-9(8-15-11)10(7-13)16-5-3-14-4-6-16;;/h1-2,8,10,14H,3-7H2;2*1H/t10-;;/m1../s1. The molecule has 18 heavy (non-hydrogen) atoms. The van der Waals surface area contributed by atoms with E-state index in [-0.39, 0.29) is 37.5 Å². The van der Waals surface area contributed by atoms with Gasteiger partial charge in [-0.3, -0.25) is 4.90 Å². The molecule has 0 amide bonds. The van der Waals surface area contributed by atoms with Gasteiger partial charge in [0, 0.05) is 32.4 Å². The SMILES string of the molecule is Cl.Cl.FC[C@H](c1ccc(Cl)nc1)N1CCNCC1. The normalized spacial score (nSPS) is 17.4. The van der Waals surface area contributed by atoms with Gasteiger partial charge in [0.2, 0.25) is 0 Å². The number of nitrogens with one attached hydrogen (secondary N) is 1. The van der Waals surface area contributed by atoms with Gasteiger partial charge in [-0.2, -0.15) is 0 Å². The van der Waals surface area contributed by atoms with Crippen LogP contribution in [-0.2, 0) is 0 Å². The van der Waals surface area contributed by atoms with Crippen LogP contribution in [0.4, 0.5) is 4.39 Å². The molecule has 7 heteroatoms. The van der Waals surface area contributed by atoms with Crippen molar-refractivity contribution < 1.29 is 4.39 Å². The molecule has 0 saturated carbocycles. The van der Waals surface area contributed by atoms with Gasteiger partial charge in [-0.1, -0.05) is 17.7 Å². The number of hydrogen-bond acceptors (Lipinski definition) is 3. The van der Waals surface area contributed by atoms with Gasteiger partial charge in [-0.25, -0.2) is 9.37 Å². The fourth-order valence-electron chi connectivity index (χ4n) is 1.98. The van der Waals surface area contributed by atoms with Crippen LogP contribution in [0, 0.1) is 0 Å². The average molecular weight is 317 g/mol. The van der Waals surface area contributed by atoms with Crippen LogP contribution >= 0.6 is 36.4 Å². The van der Waals surface area contributed by atoms with Gasteiger partial charge in [0.1, 0.15) is 11.8 Å². The van der Waals surface area contributed by atoms with Crippen LogP contribution in [0.2, 0.25) is 5.15 Å². The zero-order chi connectivity index (χ0) is 11.4. The smallest absolute Gasteiger partial charge is 0.129 e. The number of alkyl halides is 1. The molecule has 0 bridgehead atoms. The minimum Gasteiger partial charge on any atom is -0.314 e. The summed E-state index contributed by atoms with van der Waals surface area (Å²) >= 11 is 5.72. The Morgan fingerprint density at radius 3 is 2.50 bits per heavy atom. The zero-order valence-corrected chi connectivity index (χ0v) is 12.2. The minimum absolute atomic E-state index is 0. The molecule has 1 fully saturated rings. The van der Waals surface area contributed by atoms with Crippen LogP contribution in [0.25, 0.3) is 0 Å². The van der Waals surface area contributed by atoms with Crippen molar-refractivity contribution in [3.63, 3.8) is 0 Å². The minimum atomic E-state index is -0.386. The van der Waals surface area contributed by atoms with E-state index in [0.717, 1.165) is 31.7 Å². The number of pyridine rings is 1. The second kappa shape index (κ2) is 8.88. The molecule has 2 rings (SSSR count). The van der Waals surface area contributed by atoms with Crippen LogP contribution in [-0.4, -0.2) is 42.7 Å². The number of rotatable bonds is 3. The van der Waals surface area contributed by atoms with E-state index in [1.54, 1.807) is 12.3 Å². The zero-order valence-electron chi connectivity index (χ0n) is 9.81. The molecule has 0 aromatic carbocycles. The molecule has 1 aliphatic heterocycles. The molecule has 1 atom stereocenters. The van der Waals surface area contributed by atoms with Crippen LogP contribution in [0.3, 0.4) is 0 Å². The lowest BCUT2D eigenvalue weighted by Crippen LogP contribution is -2.45. The molecule has 1 N–H and O–H groups in total. The molecule has 3 nitrogen and oxygen atoms in total. The Labute approximate surface area is 124 Å². The lowest BCUT2D eigenvalue weighted by atomic mass is 10.1. The van der Waals surface area contributed by atoms with Gasteiger partial charge in [0.05, 0.1) is 6.04 Å². The maximum absolute atomic E-state index is 13.1. The molecular weight excluding hydrogens is 299 g/mol. The van der Waals surface area contributed by atoms with Crippen LogP contribution in [0.5, 0.6) is 0 Å². The molecule has 2 heterocycles. The van der Waals surface area contributed by atoms with E-state index < -0.39 is 0 Å². The maximum atomic E-state index is 13.1. The monoisotopic (exact) mass is 315 g/mol. The molecule has 0 spiro atoms. The van der Waals surface area contributed by atoms with Crippen LogP contribution in [0.1, 0.15) is 11.6 Å². The van der Waals surface area contributed by atoms with Crippen molar-refractivity contribution in [2.24, 2.45) is 0 Å². The topological polar surface area (TPSA) is 28.2 Å². The van der Waals surface area contributed by atoms with Gasteiger partial charge in [0.25, 0.3) is 0 Å². The molecular formula is C11H17Cl3FN3. The van der Waals surface area contributed by atoms with E-state index in [2.05, 4.69) is 15.2 Å². The van der Waals surface area contributed by atoms with Crippen molar-refractivity contribution >= 4 is 36.4 Å². The van der Waals surface area contributed by atoms with E-state index >= 15 is 0 Å². The van der Waals surface area contributed by atoms with E-state index in [4.69, 9.17) is 11.6 Å². The Morgan fingerprint density at radius 2 is 2.00 bits per heavy atom. The Hall–Kier alpha value is -0.130. The molecule has 0 radical (unpaired) electrons. The summed E-state index contributed by atoms with van der Waals surface area (Å²) < 4.78 is 13.1. The van der Waals surface area contributed by atoms with Crippen LogP contribution in [0.15, 0.2) is 18.3 Å². The highest BCUT2D eigenvalue weighted by atomic mass is 35.5. The third kappa shape index (κ3) is 4.52. The maximum Gasteiger partial charge on any atom is 0.129 e. The first kappa shape index (κ1) is 17.9. The van der Waals surface area contributed by atoms with Crippen molar-refractivity contribution in [3.8, 4) is 0 Å². The molecule has 1 aliphatic rings. The highest BCUT2D eigenvalue weighted by Gasteiger charge is 2.22. The van der Waals surface area contributed by atoms with Gasteiger partial charge in [-0.05, 0) is 11.6 Å². The number of piperazine rings is 1. The summed E-state index contributed by atoms with van der Waals surface area (Å²) in [6.07, 6.45) is 1.66.